The second-order valence-electron chi connectivity index (χ2n) is 6.44. The summed E-state index contributed by atoms with van der Waals surface area (Å²) in [6.07, 6.45) is 2.48. The number of piperidine rings is 1. The van der Waals surface area contributed by atoms with Gasteiger partial charge in [-0.2, -0.15) is 0 Å². The molecular weight excluding hydrogens is 333 g/mol. The summed E-state index contributed by atoms with van der Waals surface area (Å²) in [5.74, 6) is -0.185. The van der Waals surface area contributed by atoms with Crippen LogP contribution in [0, 0.1) is 12.7 Å². The van der Waals surface area contributed by atoms with Gasteiger partial charge in [-0.15, -0.1) is 0 Å². The maximum absolute atomic E-state index is 12.9. The third-order valence-electron chi connectivity index (χ3n) is 4.45. The Hall–Kier alpha value is -2.89. The number of amides is 3. The SMILES string of the molecule is Cc1ccc(NC(=O)NCc2ccc(F)cc2)cc1N1CCCCC1=O. The highest BCUT2D eigenvalue weighted by Crippen LogP contribution is 2.27. The molecule has 1 heterocycles. The van der Waals surface area contributed by atoms with Crippen LogP contribution in [0.5, 0.6) is 0 Å². The number of nitrogens with zero attached hydrogens (tertiary/aromatic N) is 1. The highest BCUT2D eigenvalue weighted by molar-refractivity contribution is 5.96. The van der Waals surface area contributed by atoms with Gasteiger partial charge in [-0.1, -0.05) is 18.2 Å². The van der Waals surface area contributed by atoms with Crippen LogP contribution >= 0.6 is 0 Å². The van der Waals surface area contributed by atoms with E-state index >= 15 is 0 Å². The van der Waals surface area contributed by atoms with Gasteiger partial charge in [0.15, 0.2) is 0 Å². The molecule has 6 heteroatoms. The maximum atomic E-state index is 12.9. The summed E-state index contributed by atoms with van der Waals surface area (Å²) < 4.78 is 12.9. The standard InChI is InChI=1S/C20H22FN3O2/c1-14-5-10-17(12-18(14)24-11-3-2-4-19(24)25)23-20(26)22-13-15-6-8-16(21)9-7-15/h5-10,12H,2-4,11,13H2,1H3,(H2,22,23,26). The van der Waals surface area contributed by atoms with Gasteiger partial charge >= 0.3 is 6.03 Å². The van der Waals surface area contributed by atoms with E-state index in [0.717, 1.165) is 29.7 Å². The average molecular weight is 355 g/mol. The molecule has 0 atom stereocenters. The van der Waals surface area contributed by atoms with Crippen LogP contribution in [0.4, 0.5) is 20.6 Å². The Morgan fingerprint density at radius 3 is 2.65 bits per heavy atom. The zero-order chi connectivity index (χ0) is 18.5. The summed E-state index contributed by atoms with van der Waals surface area (Å²) >= 11 is 0. The van der Waals surface area contributed by atoms with E-state index in [-0.39, 0.29) is 17.8 Å². The van der Waals surface area contributed by atoms with Crippen molar-refractivity contribution in [3.63, 3.8) is 0 Å². The minimum Gasteiger partial charge on any atom is -0.334 e. The van der Waals surface area contributed by atoms with Crippen LogP contribution in [0.3, 0.4) is 0 Å². The van der Waals surface area contributed by atoms with E-state index in [1.165, 1.54) is 12.1 Å². The number of carbonyl (C=O) groups excluding carboxylic acids is 2. The molecule has 0 bridgehead atoms. The molecular formula is C20H22FN3O2. The third-order valence-corrected chi connectivity index (χ3v) is 4.45. The number of hydrogen-bond donors (Lipinski definition) is 2. The first-order valence-electron chi connectivity index (χ1n) is 8.73. The Morgan fingerprint density at radius 2 is 1.92 bits per heavy atom. The molecule has 2 aromatic rings. The fraction of sp³-hybridized carbons (Fsp3) is 0.300. The van der Waals surface area contributed by atoms with Crippen LogP contribution in [0.25, 0.3) is 0 Å². The monoisotopic (exact) mass is 355 g/mol. The molecule has 0 spiro atoms. The van der Waals surface area contributed by atoms with E-state index < -0.39 is 0 Å². The number of aryl methyl sites for hydroxylation is 1. The summed E-state index contributed by atoms with van der Waals surface area (Å²) in [5.41, 5.74) is 3.27. The molecule has 1 aliphatic rings. The quantitative estimate of drug-likeness (QED) is 0.872. The smallest absolute Gasteiger partial charge is 0.319 e. The minimum absolute atomic E-state index is 0.122. The fourth-order valence-corrected chi connectivity index (χ4v) is 3.00. The van der Waals surface area contributed by atoms with E-state index in [2.05, 4.69) is 10.6 Å². The highest BCUT2D eigenvalue weighted by Gasteiger charge is 2.21. The first-order valence-corrected chi connectivity index (χ1v) is 8.73. The average Bonchev–Trinajstić information content (AvgIpc) is 2.63. The van der Waals surface area contributed by atoms with E-state index in [9.17, 15) is 14.0 Å². The third kappa shape index (κ3) is 4.39. The lowest BCUT2D eigenvalue weighted by molar-refractivity contribution is -0.119. The Kier molecular flexibility index (Phi) is 5.51. The Bertz CT molecular complexity index is 805. The normalized spacial score (nSPS) is 14.2. The lowest BCUT2D eigenvalue weighted by Gasteiger charge is -2.28. The number of halogens is 1. The summed E-state index contributed by atoms with van der Waals surface area (Å²) in [6, 6.07) is 11.2. The van der Waals surface area contributed by atoms with Crippen molar-refractivity contribution < 1.29 is 14.0 Å². The molecule has 3 rings (SSSR count). The zero-order valence-electron chi connectivity index (χ0n) is 14.7. The summed E-state index contributed by atoms with van der Waals surface area (Å²) in [6.45, 7) is 2.96. The van der Waals surface area contributed by atoms with Crippen LogP contribution < -0.4 is 15.5 Å². The van der Waals surface area contributed by atoms with Gasteiger partial charge in [0, 0.05) is 30.9 Å². The van der Waals surface area contributed by atoms with Gasteiger partial charge in [-0.25, -0.2) is 9.18 Å². The Labute approximate surface area is 152 Å². The number of anilines is 2. The van der Waals surface area contributed by atoms with Crippen molar-refractivity contribution in [2.75, 3.05) is 16.8 Å². The molecule has 0 aromatic heterocycles. The van der Waals surface area contributed by atoms with Crippen molar-refractivity contribution in [1.82, 2.24) is 5.32 Å². The van der Waals surface area contributed by atoms with E-state index in [1.54, 1.807) is 17.0 Å². The van der Waals surface area contributed by atoms with E-state index in [1.807, 2.05) is 25.1 Å². The lowest BCUT2D eigenvalue weighted by atomic mass is 10.1. The van der Waals surface area contributed by atoms with E-state index in [4.69, 9.17) is 0 Å². The van der Waals surface area contributed by atoms with Crippen LogP contribution in [0.2, 0.25) is 0 Å². The Morgan fingerprint density at radius 1 is 1.15 bits per heavy atom. The van der Waals surface area contributed by atoms with Crippen molar-refractivity contribution in [3.8, 4) is 0 Å². The molecule has 1 saturated heterocycles. The molecule has 3 amide bonds. The second kappa shape index (κ2) is 7.99. The number of rotatable bonds is 4. The molecule has 1 fully saturated rings. The van der Waals surface area contributed by atoms with Crippen LogP contribution in [-0.2, 0) is 11.3 Å². The van der Waals surface area contributed by atoms with Gasteiger partial charge < -0.3 is 15.5 Å². The predicted molar refractivity (Wildman–Crippen MR) is 99.6 cm³/mol. The van der Waals surface area contributed by atoms with Crippen molar-refractivity contribution >= 4 is 23.3 Å². The van der Waals surface area contributed by atoms with Crippen LogP contribution in [-0.4, -0.2) is 18.5 Å². The minimum atomic E-state index is -0.353. The number of urea groups is 1. The molecule has 2 N–H and O–H groups in total. The number of carbonyl (C=O) groups is 2. The Balaban J connectivity index is 1.63. The molecule has 2 aromatic carbocycles. The number of hydrogen-bond acceptors (Lipinski definition) is 2. The topological polar surface area (TPSA) is 61.4 Å². The molecule has 0 radical (unpaired) electrons. The predicted octanol–water partition coefficient (Wildman–Crippen LogP) is 3.97. The van der Waals surface area contributed by atoms with Gasteiger partial charge in [0.2, 0.25) is 5.91 Å². The van der Waals surface area contributed by atoms with Crippen molar-refractivity contribution in [2.24, 2.45) is 0 Å². The van der Waals surface area contributed by atoms with Gasteiger partial charge in [-0.3, -0.25) is 4.79 Å². The van der Waals surface area contributed by atoms with Crippen LogP contribution in [0.15, 0.2) is 42.5 Å². The van der Waals surface area contributed by atoms with Crippen LogP contribution in [0.1, 0.15) is 30.4 Å². The number of benzene rings is 2. The summed E-state index contributed by atoms with van der Waals surface area (Å²) in [4.78, 5) is 26.1. The first-order chi connectivity index (χ1) is 12.5. The summed E-state index contributed by atoms with van der Waals surface area (Å²) in [7, 11) is 0. The van der Waals surface area contributed by atoms with Crippen molar-refractivity contribution in [2.45, 2.75) is 32.7 Å². The lowest BCUT2D eigenvalue weighted by Crippen LogP contribution is -2.35. The zero-order valence-corrected chi connectivity index (χ0v) is 14.7. The molecule has 136 valence electrons. The van der Waals surface area contributed by atoms with Gasteiger partial charge in [-0.05, 0) is 55.2 Å². The summed E-state index contributed by atoms with van der Waals surface area (Å²) in [5, 5.41) is 5.52. The van der Waals surface area contributed by atoms with Gasteiger partial charge in [0.05, 0.1) is 0 Å². The van der Waals surface area contributed by atoms with Gasteiger partial charge in [0.1, 0.15) is 5.82 Å². The molecule has 0 aliphatic carbocycles. The van der Waals surface area contributed by atoms with Crippen molar-refractivity contribution in [1.29, 1.82) is 0 Å². The molecule has 26 heavy (non-hydrogen) atoms. The molecule has 0 saturated carbocycles. The van der Waals surface area contributed by atoms with Crippen molar-refractivity contribution in [3.05, 3.63) is 59.4 Å². The second-order valence-corrected chi connectivity index (χ2v) is 6.44. The van der Waals surface area contributed by atoms with E-state index in [0.29, 0.717) is 25.2 Å². The number of nitrogens with one attached hydrogen (secondary N) is 2. The molecule has 5 nitrogen and oxygen atoms in total. The first kappa shape index (κ1) is 17.9. The molecule has 1 aliphatic heterocycles. The highest BCUT2D eigenvalue weighted by atomic mass is 19.1. The fourth-order valence-electron chi connectivity index (χ4n) is 3.00. The molecule has 0 unspecified atom stereocenters. The van der Waals surface area contributed by atoms with Gasteiger partial charge in [0.25, 0.3) is 0 Å². The largest absolute Gasteiger partial charge is 0.334 e. The maximum Gasteiger partial charge on any atom is 0.319 e.